The molecular weight excluding hydrogens is 230 g/mol. The smallest absolute Gasteiger partial charge is 0.126 e. The summed E-state index contributed by atoms with van der Waals surface area (Å²) in [5, 5.41) is 3.34. The Morgan fingerprint density at radius 2 is 2.12 bits per heavy atom. The fourth-order valence-corrected chi connectivity index (χ4v) is 3.24. The topological polar surface area (TPSA) is 25.2 Å². The SMILES string of the molecule is CCc1ccc(C(NC)c2sc(C)cc2C)o1. The second-order valence-corrected chi connectivity index (χ2v) is 5.57. The lowest BCUT2D eigenvalue weighted by atomic mass is 10.1. The highest BCUT2D eigenvalue weighted by Gasteiger charge is 2.19. The van der Waals surface area contributed by atoms with E-state index in [1.165, 1.54) is 15.3 Å². The predicted octanol–water partition coefficient (Wildman–Crippen LogP) is 3.83. The Morgan fingerprint density at radius 3 is 2.59 bits per heavy atom. The molecule has 0 bridgehead atoms. The van der Waals surface area contributed by atoms with E-state index in [1.807, 2.05) is 18.4 Å². The van der Waals surface area contributed by atoms with E-state index in [4.69, 9.17) is 4.42 Å². The van der Waals surface area contributed by atoms with Gasteiger partial charge in [0.2, 0.25) is 0 Å². The van der Waals surface area contributed by atoms with Crippen molar-refractivity contribution in [1.82, 2.24) is 5.32 Å². The van der Waals surface area contributed by atoms with Crippen molar-refractivity contribution in [2.24, 2.45) is 0 Å². The molecule has 0 aromatic carbocycles. The molecule has 2 aromatic heterocycles. The van der Waals surface area contributed by atoms with E-state index in [1.54, 1.807) is 0 Å². The summed E-state index contributed by atoms with van der Waals surface area (Å²) in [6.45, 7) is 6.41. The highest BCUT2D eigenvalue weighted by atomic mass is 32.1. The molecule has 1 N–H and O–H groups in total. The number of hydrogen-bond donors (Lipinski definition) is 1. The average molecular weight is 249 g/mol. The van der Waals surface area contributed by atoms with Crippen LogP contribution in [0.25, 0.3) is 0 Å². The molecule has 17 heavy (non-hydrogen) atoms. The van der Waals surface area contributed by atoms with Crippen molar-refractivity contribution in [2.45, 2.75) is 33.2 Å². The summed E-state index contributed by atoms with van der Waals surface area (Å²) in [5.74, 6) is 2.06. The number of furan rings is 1. The molecule has 2 nitrogen and oxygen atoms in total. The maximum atomic E-state index is 5.85. The maximum Gasteiger partial charge on any atom is 0.126 e. The zero-order chi connectivity index (χ0) is 12.4. The molecular formula is C14H19NOS. The number of hydrogen-bond acceptors (Lipinski definition) is 3. The van der Waals surface area contributed by atoms with Gasteiger partial charge in [-0.2, -0.15) is 0 Å². The Bertz CT molecular complexity index is 498. The van der Waals surface area contributed by atoms with Crippen LogP contribution in [0.4, 0.5) is 0 Å². The van der Waals surface area contributed by atoms with Gasteiger partial charge in [-0.25, -0.2) is 0 Å². The fourth-order valence-electron chi connectivity index (χ4n) is 2.09. The summed E-state index contributed by atoms with van der Waals surface area (Å²) in [5.41, 5.74) is 1.33. The maximum absolute atomic E-state index is 5.85. The van der Waals surface area contributed by atoms with Crippen LogP contribution in [0.2, 0.25) is 0 Å². The van der Waals surface area contributed by atoms with Crippen LogP contribution in [-0.2, 0) is 6.42 Å². The van der Waals surface area contributed by atoms with Gasteiger partial charge in [0.05, 0.1) is 0 Å². The van der Waals surface area contributed by atoms with Gasteiger partial charge in [0.1, 0.15) is 17.6 Å². The lowest BCUT2D eigenvalue weighted by Crippen LogP contribution is -2.16. The van der Waals surface area contributed by atoms with Crippen molar-refractivity contribution in [1.29, 1.82) is 0 Å². The van der Waals surface area contributed by atoms with Gasteiger partial charge >= 0.3 is 0 Å². The molecule has 0 radical (unpaired) electrons. The Hall–Kier alpha value is -1.06. The summed E-state index contributed by atoms with van der Waals surface area (Å²) >= 11 is 1.84. The summed E-state index contributed by atoms with van der Waals surface area (Å²) < 4.78 is 5.85. The zero-order valence-corrected chi connectivity index (χ0v) is 11.6. The summed E-state index contributed by atoms with van der Waals surface area (Å²) in [6.07, 6.45) is 0.943. The van der Waals surface area contributed by atoms with E-state index in [2.05, 4.69) is 44.3 Å². The van der Waals surface area contributed by atoms with Gasteiger partial charge in [-0.1, -0.05) is 6.92 Å². The van der Waals surface area contributed by atoms with Crippen LogP contribution in [0.5, 0.6) is 0 Å². The average Bonchev–Trinajstić information content (AvgIpc) is 2.88. The zero-order valence-electron chi connectivity index (χ0n) is 10.8. The monoisotopic (exact) mass is 249 g/mol. The van der Waals surface area contributed by atoms with E-state index < -0.39 is 0 Å². The number of nitrogens with one attached hydrogen (secondary N) is 1. The minimum Gasteiger partial charge on any atom is -0.464 e. The quantitative estimate of drug-likeness (QED) is 0.891. The normalized spacial score (nSPS) is 12.9. The molecule has 0 fully saturated rings. The van der Waals surface area contributed by atoms with Gasteiger partial charge in [0.15, 0.2) is 0 Å². The van der Waals surface area contributed by atoms with Crippen LogP contribution in [0, 0.1) is 13.8 Å². The van der Waals surface area contributed by atoms with Gasteiger partial charge in [-0.05, 0) is 44.7 Å². The molecule has 0 saturated carbocycles. The first-order valence-electron chi connectivity index (χ1n) is 5.98. The Kier molecular flexibility index (Phi) is 3.69. The summed E-state index contributed by atoms with van der Waals surface area (Å²) in [7, 11) is 1.98. The number of aryl methyl sites for hydroxylation is 3. The minimum atomic E-state index is 0.175. The number of rotatable bonds is 4. The number of thiophene rings is 1. The standard InChI is InChI=1S/C14H19NOS/c1-5-11-6-7-12(16-11)13(15-4)14-9(2)8-10(3)17-14/h6-8,13,15H,5H2,1-4H3. The molecule has 1 unspecified atom stereocenters. The molecule has 0 saturated heterocycles. The van der Waals surface area contributed by atoms with Crippen molar-refractivity contribution in [3.05, 3.63) is 45.0 Å². The molecule has 0 spiro atoms. The van der Waals surface area contributed by atoms with Crippen molar-refractivity contribution in [3.8, 4) is 0 Å². The highest BCUT2D eigenvalue weighted by molar-refractivity contribution is 7.12. The van der Waals surface area contributed by atoms with Gasteiger partial charge in [0, 0.05) is 16.2 Å². The first-order chi connectivity index (χ1) is 8.15. The minimum absolute atomic E-state index is 0.175. The second-order valence-electron chi connectivity index (χ2n) is 4.28. The van der Waals surface area contributed by atoms with E-state index in [9.17, 15) is 0 Å². The molecule has 2 aromatic rings. The first kappa shape index (κ1) is 12.4. The third kappa shape index (κ3) is 2.45. The van der Waals surface area contributed by atoms with E-state index in [0.717, 1.165) is 17.9 Å². The molecule has 0 aliphatic heterocycles. The molecule has 2 rings (SSSR count). The van der Waals surface area contributed by atoms with Crippen LogP contribution in [0.1, 0.15) is 39.8 Å². The third-order valence-electron chi connectivity index (χ3n) is 2.95. The predicted molar refractivity (Wildman–Crippen MR) is 72.8 cm³/mol. The Labute approximate surface area is 107 Å². The lowest BCUT2D eigenvalue weighted by molar-refractivity contribution is 0.435. The van der Waals surface area contributed by atoms with Gasteiger partial charge in [-0.15, -0.1) is 11.3 Å². The van der Waals surface area contributed by atoms with Crippen molar-refractivity contribution in [3.63, 3.8) is 0 Å². The van der Waals surface area contributed by atoms with Crippen LogP contribution in [-0.4, -0.2) is 7.05 Å². The van der Waals surface area contributed by atoms with Crippen molar-refractivity contribution in [2.75, 3.05) is 7.05 Å². The molecule has 0 aliphatic carbocycles. The van der Waals surface area contributed by atoms with Crippen LogP contribution >= 0.6 is 11.3 Å². The lowest BCUT2D eigenvalue weighted by Gasteiger charge is -2.13. The van der Waals surface area contributed by atoms with Gasteiger partial charge in [-0.3, -0.25) is 0 Å². The first-order valence-corrected chi connectivity index (χ1v) is 6.80. The Balaban J connectivity index is 2.36. The van der Waals surface area contributed by atoms with E-state index in [0.29, 0.717) is 0 Å². The molecule has 92 valence electrons. The van der Waals surface area contributed by atoms with Crippen molar-refractivity contribution < 1.29 is 4.42 Å². The summed E-state index contributed by atoms with van der Waals surface area (Å²) in [6, 6.07) is 6.55. The molecule has 3 heteroatoms. The molecule has 0 amide bonds. The molecule has 2 heterocycles. The highest BCUT2D eigenvalue weighted by Crippen LogP contribution is 2.32. The largest absolute Gasteiger partial charge is 0.464 e. The van der Waals surface area contributed by atoms with Crippen molar-refractivity contribution >= 4 is 11.3 Å². The van der Waals surface area contributed by atoms with Gasteiger partial charge in [0.25, 0.3) is 0 Å². The third-order valence-corrected chi connectivity index (χ3v) is 4.16. The van der Waals surface area contributed by atoms with Gasteiger partial charge < -0.3 is 9.73 Å². The Morgan fingerprint density at radius 1 is 1.35 bits per heavy atom. The summed E-state index contributed by atoms with van der Waals surface area (Å²) in [4.78, 5) is 2.70. The van der Waals surface area contributed by atoms with Crippen LogP contribution in [0.15, 0.2) is 22.6 Å². The van der Waals surface area contributed by atoms with Crippen LogP contribution in [0.3, 0.4) is 0 Å². The molecule has 0 aliphatic rings. The second kappa shape index (κ2) is 5.07. The van der Waals surface area contributed by atoms with E-state index >= 15 is 0 Å². The van der Waals surface area contributed by atoms with E-state index in [-0.39, 0.29) is 6.04 Å². The molecule has 1 atom stereocenters. The fraction of sp³-hybridized carbons (Fsp3) is 0.429. The van der Waals surface area contributed by atoms with Crippen LogP contribution < -0.4 is 5.32 Å².